The summed E-state index contributed by atoms with van der Waals surface area (Å²) in [5, 5.41) is 4.52. The van der Waals surface area contributed by atoms with E-state index >= 15 is 0 Å². The molecule has 1 atom stereocenters. The molecule has 2 N–H and O–H groups in total. The Bertz CT molecular complexity index is 547. The molecule has 0 aliphatic carbocycles. The Morgan fingerprint density at radius 3 is 3.11 bits per heavy atom. The smallest absolute Gasteiger partial charge is 0.155 e. The molecule has 0 bridgehead atoms. The third-order valence-corrected chi connectivity index (χ3v) is 3.77. The minimum absolute atomic E-state index is 0.546. The maximum Gasteiger partial charge on any atom is 0.155 e. The molecule has 5 nitrogen and oxygen atoms in total. The summed E-state index contributed by atoms with van der Waals surface area (Å²) in [4.78, 5) is 6.99. The van der Waals surface area contributed by atoms with Crippen molar-refractivity contribution >= 4 is 5.65 Å². The van der Waals surface area contributed by atoms with E-state index in [4.69, 9.17) is 5.73 Å². The van der Waals surface area contributed by atoms with E-state index < -0.39 is 0 Å². The van der Waals surface area contributed by atoms with E-state index in [1.807, 2.05) is 22.8 Å². The Labute approximate surface area is 107 Å². The van der Waals surface area contributed by atoms with Gasteiger partial charge in [0.1, 0.15) is 0 Å². The Hall–Kier alpha value is -1.46. The number of pyridine rings is 1. The molecule has 0 aromatic carbocycles. The molecule has 1 saturated heterocycles. The molecule has 2 aromatic heterocycles. The van der Waals surface area contributed by atoms with E-state index in [0.717, 1.165) is 23.5 Å². The number of nitrogens with zero attached hydrogens (tertiary/aromatic N) is 4. The quantitative estimate of drug-likeness (QED) is 0.870. The molecule has 1 aliphatic heterocycles. The fourth-order valence-electron chi connectivity index (χ4n) is 2.63. The molecule has 5 heteroatoms. The monoisotopic (exact) mass is 245 g/mol. The van der Waals surface area contributed by atoms with Crippen LogP contribution in [0.1, 0.15) is 24.2 Å². The Morgan fingerprint density at radius 1 is 1.50 bits per heavy atom. The molecule has 0 radical (unpaired) electrons. The van der Waals surface area contributed by atoms with Crippen LogP contribution >= 0.6 is 0 Å². The van der Waals surface area contributed by atoms with E-state index in [0.29, 0.717) is 12.6 Å². The van der Waals surface area contributed by atoms with Gasteiger partial charge in [0, 0.05) is 25.2 Å². The van der Waals surface area contributed by atoms with Crippen LogP contribution in [0.2, 0.25) is 0 Å². The summed E-state index contributed by atoms with van der Waals surface area (Å²) >= 11 is 0. The van der Waals surface area contributed by atoms with Crippen molar-refractivity contribution in [2.24, 2.45) is 5.73 Å². The molecule has 3 heterocycles. The highest BCUT2D eigenvalue weighted by atomic mass is 15.3. The van der Waals surface area contributed by atoms with Gasteiger partial charge in [-0.05, 0) is 44.1 Å². The third kappa shape index (κ3) is 2.11. The van der Waals surface area contributed by atoms with Crippen molar-refractivity contribution in [3.8, 4) is 0 Å². The first-order valence-corrected chi connectivity index (χ1v) is 6.51. The predicted octanol–water partition coefficient (Wildman–Crippen LogP) is 0.825. The number of rotatable bonds is 3. The first-order valence-electron chi connectivity index (χ1n) is 6.51. The zero-order valence-electron chi connectivity index (χ0n) is 10.7. The average Bonchev–Trinajstić information content (AvgIpc) is 2.95. The van der Waals surface area contributed by atoms with Crippen LogP contribution in [0.25, 0.3) is 5.65 Å². The summed E-state index contributed by atoms with van der Waals surface area (Å²) in [7, 11) is 2.18. The van der Waals surface area contributed by atoms with E-state index in [1.165, 1.54) is 19.4 Å². The second-order valence-electron chi connectivity index (χ2n) is 5.05. The molecular weight excluding hydrogens is 226 g/mol. The maximum atomic E-state index is 5.63. The van der Waals surface area contributed by atoms with Crippen LogP contribution in [-0.4, -0.2) is 39.1 Å². The molecule has 18 heavy (non-hydrogen) atoms. The van der Waals surface area contributed by atoms with Crippen LogP contribution in [0, 0.1) is 0 Å². The van der Waals surface area contributed by atoms with Gasteiger partial charge in [-0.25, -0.2) is 9.50 Å². The van der Waals surface area contributed by atoms with Gasteiger partial charge in [0.25, 0.3) is 0 Å². The minimum Gasteiger partial charge on any atom is -0.326 e. The Kier molecular flexibility index (Phi) is 3.01. The summed E-state index contributed by atoms with van der Waals surface area (Å²) < 4.78 is 1.84. The number of hydrogen-bond acceptors (Lipinski definition) is 4. The van der Waals surface area contributed by atoms with Gasteiger partial charge in [0.05, 0.1) is 0 Å². The fraction of sp³-hybridized carbons (Fsp3) is 0.538. The highest BCUT2D eigenvalue weighted by Crippen LogP contribution is 2.18. The Balaban J connectivity index is 1.84. The van der Waals surface area contributed by atoms with Crippen molar-refractivity contribution in [2.75, 3.05) is 13.6 Å². The van der Waals surface area contributed by atoms with Crippen molar-refractivity contribution in [3.63, 3.8) is 0 Å². The van der Waals surface area contributed by atoms with Gasteiger partial charge in [0.2, 0.25) is 0 Å². The lowest BCUT2D eigenvalue weighted by Crippen LogP contribution is -2.27. The van der Waals surface area contributed by atoms with Crippen molar-refractivity contribution in [1.29, 1.82) is 0 Å². The molecule has 96 valence electrons. The van der Waals surface area contributed by atoms with E-state index in [1.54, 1.807) is 0 Å². The van der Waals surface area contributed by atoms with E-state index in [2.05, 4.69) is 22.0 Å². The predicted molar refractivity (Wildman–Crippen MR) is 70.2 cm³/mol. The SMILES string of the molecule is CN1CCCC1Cc1nc2cc(CN)ccn2n1. The summed E-state index contributed by atoms with van der Waals surface area (Å²) in [6.07, 6.45) is 5.41. The Morgan fingerprint density at radius 2 is 2.39 bits per heavy atom. The topological polar surface area (TPSA) is 59.5 Å². The normalized spacial score (nSPS) is 20.9. The first-order chi connectivity index (χ1) is 8.76. The van der Waals surface area contributed by atoms with Gasteiger partial charge < -0.3 is 10.6 Å². The second-order valence-corrected chi connectivity index (χ2v) is 5.05. The van der Waals surface area contributed by atoms with Crippen molar-refractivity contribution in [1.82, 2.24) is 19.5 Å². The van der Waals surface area contributed by atoms with Crippen molar-refractivity contribution in [2.45, 2.75) is 31.8 Å². The van der Waals surface area contributed by atoms with Gasteiger partial charge in [-0.15, -0.1) is 0 Å². The fourth-order valence-corrected chi connectivity index (χ4v) is 2.63. The number of likely N-dealkylation sites (tertiary alicyclic amines) is 1. The highest BCUT2D eigenvalue weighted by Gasteiger charge is 2.22. The lowest BCUT2D eigenvalue weighted by molar-refractivity contribution is 0.306. The van der Waals surface area contributed by atoms with Crippen molar-refractivity contribution in [3.05, 3.63) is 29.7 Å². The standard InChI is InChI=1S/C13H19N5/c1-17-5-2-3-11(17)8-12-15-13-7-10(9-14)4-6-18(13)16-12/h4,6-7,11H,2-3,5,8-9,14H2,1H3. The number of fused-ring (bicyclic) bond motifs is 1. The molecule has 1 fully saturated rings. The van der Waals surface area contributed by atoms with Gasteiger partial charge in [-0.1, -0.05) is 0 Å². The largest absolute Gasteiger partial charge is 0.326 e. The maximum absolute atomic E-state index is 5.63. The second kappa shape index (κ2) is 4.66. The van der Waals surface area contributed by atoms with E-state index in [-0.39, 0.29) is 0 Å². The van der Waals surface area contributed by atoms with Gasteiger partial charge >= 0.3 is 0 Å². The molecule has 1 aliphatic rings. The molecular formula is C13H19N5. The zero-order valence-corrected chi connectivity index (χ0v) is 10.7. The van der Waals surface area contributed by atoms with Crippen LogP contribution in [0.4, 0.5) is 0 Å². The molecule has 0 spiro atoms. The molecule has 3 rings (SSSR count). The number of hydrogen-bond donors (Lipinski definition) is 1. The lowest BCUT2D eigenvalue weighted by Gasteiger charge is -2.17. The third-order valence-electron chi connectivity index (χ3n) is 3.77. The summed E-state index contributed by atoms with van der Waals surface area (Å²) in [5.41, 5.74) is 7.63. The zero-order chi connectivity index (χ0) is 12.5. The lowest BCUT2D eigenvalue weighted by atomic mass is 10.1. The van der Waals surface area contributed by atoms with Crippen LogP contribution in [0.5, 0.6) is 0 Å². The average molecular weight is 245 g/mol. The molecule has 0 saturated carbocycles. The van der Waals surface area contributed by atoms with Gasteiger partial charge in [-0.2, -0.15) is 5.10 Å². The van der Waals surface area contributed by atoms with Gasteiger partial charge in [-0.3, -0.25) is 0 Å². The molecule has 0 amide bonds. The number of likely N-dealkylation sites (N-methyl/N-ethyl adjacent to an activating group) is 1. The van der Waals surface area contributed by atoms with Crippen LogP contribution in [-0.2, 0) is 13.0 Å². The highest BCUT2D eigenvalue weighted by molar-refractivity contribution is 5.40. The van der Waals surface area contributed by atoms with Crippen LogP contribution in [0.3, 0.4) is 0 Å². The van der Waals surface area contributed by atoms with Crippen LogP contribution < -0.4 is 5.73 Å². The van der Waals surface area contributed by atoms with Crippen molar-refractivity contribution < 1.29 is 0 Å². The molecule has 2 aromatic rings. The first kappa shape index (κ1) is 11.6. The van der Waals surface area contributed by atoms with Gasteiger partial charge in [0.15, 0.2) is 11.5 Å². The van der Waals surface area contributed by atoms with E-state index in [9.17, 15) is 0 Å². The number of nitrogens with two attached hydrogens (primary N) is 1. The summed E-state index contributed by atoms with van der Waals surface area (Å²) in [5.74, 6) is 0.933. The summed E-state index contributed by atoms with van der Waals surface area (Å²) in [6, 6.07) is 4.60. The number of aromatic nitrogens is 3. The van der Waals surface area contributed by atoms with Crippen LogP contribution in [0.15, 0.2) is 18.3 Å². The summed E-state index contributed by atoms with van der Waals surface area (Å²) in [6.45, 7) is 1.74. The minimum atomic E-state index is 0.546. The molecule has 1 unspecified atom stereocenters.